The number of nitrogens with one attached hydrogen (secondary N) is 1. The molecule has 152 valence electrons. The van der Waals surface area contributed by atoms with Crippen LogP contribution in [0.25, 0.3) is 0 Å². The summed E-state index contributed by atoms with van der Waals surface area (Å²) in [5, 5.41) is 20.8. The number of benzene rings is 1. The van der Waals surface area contributed by atoms with Crippen LogP contribution >= 0.6 is 8.25 Å². The summed E-state index contributed by atoms with van der Waals surface area (Å²) in [4.78, 5) is 25.1. The number of aromatic amines is 1. The van der Waals surface area contributed by atoms with Crippen molar-refractivity contribution in [3.8, 4) is 18.1 Å². The van der Waals surface area contributed by atoms with Gasteiger partial charge in [-0.15, -0.1) is 10.9 Å². The van der Waals surface area contributed by atoms with Crippen LogP contribution in [0.2, 0.25) is 0 Å². The van der Waals surface area contributed by atoms with E-state index < -0.39 is 49.9 Å². The Balaban J connectivity index is 1.80. The van der Waals surface area contributed by atoms with Crippen LogP contribution in [0.15, 0.2) is 52.2 Å². The molecule has 1 aliphatic heterocycles. The van der Waals surface area contributed by atoms with Crippen LogP contribution in [0, 0.1) is 12.3 Å². The van der Waals surface area contributed by atoms with Gasteiger partial charge in [-0.3, -0.25) is 14.3 Å². The van der Waals surface area contributed by atoms with Crippen LogP contribution in [0.5, 0.6) is 5.75 Å². The first kappa shape index (κ1) is 20.9. The smallest absolute Gasteiger partial charge is 0.383 e. The lowest BCUT2D eigenvalue weighted by molar-refractivity contribution is -0.203. The Hall–Kier alpha value is -2.87. The Labute approximate surface area is 163 Å². The number of nitrogens with zero attached hydrogens (tertiary/aromatic N) is 1. The van der Waals surface area contributed by atoms with Crippen LogP contribution in [0.4, 0.5) is 4.39 Å². The molecule has 0 amide bonds. The highest BCUT2D eigenvalue weighted by Gasteiger charge is 2.66. The van der Waals surface area contributed by atoms with E-state index in [0.717, 1.165) is 12.3 Å². The Kier molecular flexibility index (Phi) is 5.66. The molecule has 10 nitrogen and oxygen atoms in total. The van der Waals surface area contributed by atoms with Gasteiger partial charge in [-0.1, -0.05) is 24.1 Å². The number of H-pyrrole nitrogens is 1. The maximum atomic E-state index is 15.2. The van der Waals surface area contributed by atoms with Crippen molar-refractivity contribution in [2.45, 2.75) is 23.8 Å². The zero-order valence-corrected chi connectivity index (χ0v) is 15.5. The second kappa shape index (κ2) is 7.87. The number of aromatic nitrogens is 2. The molecule has 1 aromatic heterocycles. The lowest BCUT2D eigenvalue weighted by Gasteiger charge is -2.26. The molecule has 3 rings (SSSR count). The van der Waals surface area contributed by atoms with E-state index in [2.05, 4.69) is 0 Å². The topological polar surface area (TPSA) is 140 Å². The minimum Gasteiger partial charge on any atom is -0.383 e. The van der Waals surface area contributed by atoms with Crippen molar-refractivity contribution in [3.05, 3.63) is 63.4 Å². The molecule has 0 bridgehead atoms. The fourth-order valence-corrected chi connectivity index (χ4v) is 3.31. The summed E-state index contributed by atoms with van der Waals surface area (Å²) in [6, 6.07) is 8.79. The normalized spacial score (nSPS) is 29.2. The van der Waals surface area contributed by atoms with E-state index in [1.807, 2.05) is 4.98 Å². The Morgan fingerprint density at radius 1 is 1.34 bits per heavy atom. The predicted octanol–water partition coefficient (Wildman–Crippen LogP) is 0.209. The number of ether oxygens (including phenoxy) is 1. The average molecular weight is 425 g/mol. The summed E-state index contributed by atoms with van der Waals surface area (Å²) in [7, 11) is -2.87. The molecule has 1 saturated heterocycles. The van der Waals surface area contributed by atoms with Crippen LogP contribution in [0.3, 0.4) is 0 Å². The van der Waals surface area contributed by atoms with E-state index in [-0.39, 0.29) is 5.75 Å². The highest BCUT2D eigenvalue weighted by Crippen LogP contribution is 2.45. The standard InChI is InChI=1S/C17H14FN2O8P/c1-2-16(24)13(22)17(18,10-26-29(25)28-11-6-4-3-5-7-11)27-14(16)20-9-8-12(21)19-15(20)23/h1,3-9,13-14,22,24H,10H2/p+1. The first-order chi connectivity index (χ1) is 13.7. The summed E-state index contributed by atoms with van der Waals surface area (Å²) in [6.07, 6.45) is 1.84. The molecule has 5 atom stereocenters. The molecule has 1 aromatic carbocycles. The third-order valence-corrected chi connectivity index (χ3v) is 4.83. The summed E-state index contributed by atoms with van der Waals surface area (Å²) in [5.74, 6) is -1.17. The number of hydrogen-bond acceptors (Lipinski definition) is 8. The van der Waals surface area contributed by atoms with E-state index in [0.29, 0.717) is 4.57 Å². The van der Waals surface area contributed by atoms with Crippen molar-refractivity contribution in [1.82, 2.24) is 9.55 Å². The maximum absolute atomic E-state index is 15.2. The fourth-order valence-electron chi connectivity index (χ4n) is 2.68. The summed E-state index contributed by atoms with van der Waals surface area (Å²) < 4.78 is 42.4. The third kappa shape index (κ3) is 3.98. The molecule has 0 aliphatic carbocycles. The first-order valence-corrected chi connectivity index (χ1v) is 9.19. The van der Waals surface area contributed by atoms with Gasteiger partial charge in [-0.2, -0.15) is 0 Å². The number of rotatable bonds is 6. The average Bonchev–Trinajstić information content (AvgIpc) is 2.89. The largest absolute Gasteiger partial charge is 0.750 e. The van der Waals surface area contributed by atoms with Crippen LogP contribution in [0.1, 0.15) is 6.23 Å². The SMILES string of the molecule is C#CC1(O)C(n2ccc(=O)[nH]c2=O)OC(F)(CO[P+](=O)Oc2ccccc2)C1O. The first-order valence-electron chi connectivity index (χ1n) is 8.09. The van der Waals surface area contributed by atoms with E-state index in [1.165, 1.54) is 12.1 Å². The molecule has 5 unspecified atom stereocenters. The van der Waals surface area contributed by atoms with Crippen molar-refractivity contribution in [3.63, 3.8) is 0 Å². The maximum Gasteiger partial charge on any atom is 0.750 e. The molecule has 2 heterocycles. The van der Waals surface area contributed by atoms with E-state index >= 15 is 4.39 Å². The van der Waals surface area contributed by atoms with Gasteiger partial charge < -0.3 is 14.9 Å². The predicted molar refractivity (Wildman–Crippen MR) is 95.7 cm³/mol. The third-order valence-electron chi connectivity index (χ3n) is 4.13. The van der Waals surface area contributed by atoms with Gasteiger partial charge in [0.15, 0.2) is 24.7 Å². The minimum atomic E-state index is -3.15. The molecular formula is C17H15FN2O8P+. The lowest BCUT2D eigenvalue weighted by atomic mass is 9.94. The second-order valence-corrected chi connectivity index (χ2v) is 6.94. The van der Waals surface area contributed by atoms with E-state index in [1.54, 1.807) is 24.1 Å². The van der Waals surface area contributed by atoms with Gasteiger partial charge in [0.05, 0.1) is 0 Å². The molecule has 1 fully saturated rings. The molecule has 2 aromatic rings. The molecule has 0 radical (unpaired) electrons. The van der Waals surface area contributed by atoms with Gasteiger partial charge in [-0.25, -0.2) is 13.7 Å². The lowest BCUT2D eigenvalue weighted by Crippen LogP contribution is -2.51. The molecule has 1 aliphatic rings. The Morgan fingerprint density at radius 2 is 2.03 bits per heavy atom. The molecule has 29 heavy (non-hydrogen) atoms. The zero-order chi connectivity index (χ0) is 21.2. The van der Waals surface area contributed by atoms with Crippen LogP contribution in [-0.2, 0) is 13.8 Å². The molecule has 12 heteroatoms. The zero-order valence-electron chi connectivity index (χ0n) is 14.6. The van der Waals surface area contributed by atoms with Crippen molar-refractivity contribution in [2.24, 2.45) is 0 Å². The number of halogens is 1. The highest BCUT2D eigenvalue weighted by atomic mass is 31.1. The quantitative estimate of drug-likeness (QED) is 0.441. The molecule has 0 spiro atoms. The summed E-state index contributed by atoms with van der Waals surface area (Å²) in [5.41, 5.74) is -4.52. The number of aliphatic hydroxyl groups excluding tert-OH is 1. The monoisotopic (exact) mass is 425 g/mol. The highest BCUT2D eigenvalue weighted by molar-refractivity contribution is 7.33. The number of para-hydroxylation sites is 1. The van der Waals surface area contributed by atoms with Gasteiger partial charge in [0.1, 0.15) is 0 Å². The Bertz CT molecular complexity index is 1070. The number of terminal acetylenes is 1. The van der Waals surface area contributed by atoms with Gasteiger partial charge in [0.2, 0.25) is 5.60 Å². The van der Waals surface area contributed by atoms with Gasteiger partial charge >= 0.3 is 13.9 Å². The van der Waals surface area contributed by atoms with Crippen molar-refractivity contribution < 1.29 is 33.0 Å². The van der Waals surface area contributed by atoms with Gasteiger partial charge in [0.25, 0.3) is 11.4 Å². The second-order valence-electron chi connectivity index (χ2n) is 6.05. The summed E-state index contributed by atoms with van der Waals surface area (Å²) in [6.45, 7) is -1.14. The van der Waals surface area contributed by atoms with Crippen molar-refractivity contribution >= 4 is 8.25 Å². The fraction of sp³-hybridized carbons (Fsp3) is 0.294. The van der Waals surface area contributed by atoms with Crippen LogP contribution < -0.4 is 15.8 Å². The van der Waals surface area contributed by atoms with Crippen molar-refractivity contribution in [1.29, 1.82) is 0 Å². The number of aliphatic hydroxyl groups is 2. The van der Waals surface area contributed by atoms with E-state index in [9.17, 15) is 24.4 Å². The van der Waals surface area contributed by atoms with Crippen molar-refractivity contribution in [2.75, 3.05) is 6.61 Å². The molecule has 0 saturated carbocycles. The van der Waals surface area contributed by atoms with Gasteiger partial charge in [-0.05, 0) is 12.1 Å². The molecule has 3 N–H and O–H groups in total. The number of alkyl halides is 1. The Morgan fingerprint density at radius 3 is 2.66 bits per heavy atom. The number of hydrogen-bond donors (Lipinski definition) is 3. The van der Waals surface area contributed by atoms with Crippen LogP contribution in [-0.4, -0.2) is 43.9 Å². The summed E-state index contributed by atoms with van der Waals surface area (Å²) >= 11 is 0. The molecular weight excluding hydrogens is 410 g/mol. The van der Waals surface area contributed by atoms with E-state index in [4.69, 9.17) is 20.2 Å². The van der Waals surface area contributed by atoms with Gasteiger partial charge in [0, 0.05) is 16.8 Å². The minimum absolute atomic E-state index is 0.187.